The Balaban J connectivity index is 1.36. The van der Waals surface area contributed by atoms with E-state index in [0.717, 1.165) is 19.3 Å². The van der Waals surface area contributed by atoms with Crippen LogP contribution in [0.4, 0.5) is 4.79 Å². The lowest BCUT2D eigenvalue weighted by molar-refractivity contribution is -0.128. The molecule has 0 aromatic carbocycles. The highest BCUT2D eigenvalue weighted by Gasteiger charge is 2.39. The van der Waals surface area contributed by atoms with Crippen molar-refractivity contribution in [1.29, 1.82) is 0 Å². The smallest absolute Gasteiger partial charge is 0.315 e. The number of thiophene rings is 1. The lowest BCUT2D eigenvalue weighted by atomic mass is 10.1. The summed E-state index contributed by atoms with van der Waals surface area (Å²) in [5, 5.41) is 7.92. The van der Waals surface area contributed by atoms with E-state index in [1.54, 1.807) is 11.3 Å². The van der Waals surface area contributed by atoms with Crippen molar-refractivity contribution in [2.45, 2.75) is 44.7 Å². The zero-order valence-electron chi connectivity index (χ0n) is 12.9. The molecule has 2 N–H and O–H groups in total. The number of hydrogen-bond acceptors (Lipinski definition) is 3. The van der Waals surface area contributed by atoms with Gasteiger partial charge in [0.1, 0.15) is 0 Å². The van der Waals surface area contributed by atoms with Crippen LogP contribution in [0, 0.1) is 5.92 Å². The molecule has 1 aliphatic carbocycles. The summed E-state index contributed by atoms with van der Waals surface area (Å²) in [6.07, 6.45) is 3.65. The first-order chi connectivity index (χ1) is 10.6. The molecule has 120 valence electrons. The zero-order chi connectivity index (χ0) is 15.5. The van der Waals surface area contributed by atoms with Gasteiger partial charge in [0, 0.05) is 30.4 Å². The lowest BCUT2D eigenvalue weighted by Crippen LogP contribution is -2.44. The van der Waals surface area contributed by atoms with Crippen LogP contribution in [0.15, 0.2) is 17.5 Å². The van der Waals surface area contributed by atoms with Gasteiger partial charge in [-0.2, -0.15) is 0 Å². The molecule has 2 aliphatic rings. The second-order valence-corrected chi connectivity index (χ2v) is 7.45. The van der Waals surface area contributed by atoms with Gasteiger partial charge in [-0.25, -0.2) is 4.79 Å². The number of amides is 3. The van der Waals surface area contributed by atoms with Gasteiger partial charge in [-0.1, -0.05) is 13.0 Å². The summed E-state index contributed by atoms with van der Waals surface area (Å²) in [4.78, 5) is 27.1. The van der Waals surface area contributed by atoms with E-state index in [1.165, 1.54) is 4.88 Å². The quantitative estimate of drug-likeness (QED) is 0.842. The Morgan fingerprint density at radius 3 is 3.00 bits per heavy atom. The van der Waals surface area contributed by atoms with Gasteiger partial charge >= 0.3 is 6.03 Å². The molecule has 0 spiro atoms. The van der Waals surface area contributed by atoms with Gasteiger partial charge in [-0.05, 0) is 36.6 Å². The van der Waals surface area contributed by atoms with Crippen LogP contribution in [0.5, 0.6) is 0 Å². The van der Waals surface area contributed by atoms with Gasteiger partial charge in [-0.15, -0.1) is 11.3 Å². The number of rotatable bonds is 6. The zero-order valence-corrected chi connectivity index (χ0v) is 13.7. The van der Waals surface area contributed by atoms with Crippen LogP contribution in [0.2, 0.25) is 0 Å². The molecular formula is C16H23N3O2S. The molecule has 2 heterocycles. The summed E-state index contributed by atoms with van der Waals surface area (Å²) in [6, 6.07) is 4.41. The normalized spacial score (nSPS) is 22.7. The third-order valence-corrected chi connectivity index (χ3v) is 5.12. The summed E-state index contributed by atoms with van der Waals surface area (Å²) < 4.78 is 0. The van der Waals surface area contributed by atoms with E-state index in [1.807, 2.05) is 4.90 Å². The van der Waals surface area contributed by atoms with Crippen molar-refractivity contribution in [3.8, 4) is 0 Å². The van der Waals surface area contributed by atoms with E-state index < -0.39 is 0 Å². The summed E-state index contributed by atoms with van der Waals surface area (Å²) in [7, 11) is 0. The minimum atomic E-state index is -0.159. The molecule has 1 saturated carbocycles. The average Bonchev–Trinajstić information content (AvgIpc) is 3.07. The number of carbonyl (C=O) groups is 2. The molecule has 2 atom stereocenters. The Bertz CT molecular complexity index is 528. The van der Waals surface area contributed by atoms with Crippen molar-refractivity contribution in [2.24, 2.45) is 5.92 Å². The van der Waals surface area contributed by atoms with Crippen molar-refractivity contribution in [3.63, 3.8) is 0 Å². The molecule has 2 fully saturated rings. The molecule has 1 saturated heterocycles. The summed E-state index contributed by atoms with van der Waals surface area (Å²) in [5.74, 6) is 0.580. The van der Waals surface area contributed by atoms with Crippen molar-refractivity contribution < 1.29 is 9.59 Å². The van der Waals surface area contributed by atoms with Crippen LogP contribution in [0.25, 0.3) is 0 Å². The van der Waals surface area contributed by atoms with Crippen LogP contribution in [-0.4, -0.2) is 42.0 Å². The minimum absolute atomic E-state index is 0.0410. The lowest BCUT2D eigenvalue weighted by Gasteiger charge is -2.17. The Morgan fingerprint density at radius 1 is 1.50 bits per heavy atom. The highest BCUT2D eigenvalue weighted by Crippen LogP contribution is 2.30. The highest BCUT2D eigenvalue weighted by molar-refractivity contribution is 7.09. The third-order valence-electron chi connectivity index (χ3n) is 4.22. The van der Waals surface area contributed by atoms with E-state index in [2.05, 4.69) is 35.1 Å². The molecular weight excluding hydrogens is 298 g/mol. The molecule has 1 aliphatic heterocycles. The van der Waals surface area contributed by atoms with E-state index >= 15 is 0 Å². The van der Waals surface area contributed by atoms with Gasteiger partial charge in [0.25, 0.3) is 0 Å². The first kappa shape index (κ1) is 15.3. The van der Waals surface area contributed by atoms with Crippen molar-refractivity contribution in [2.75, 3.05) is 13.1 Å². The molecule has 0 radical (unpaired) electrons. The maximum absolute atomic E-state index is 12.0. The Morgan fingerprint density at radius 2 is 2.32 bits per heavy atom. The summed E-state index contributed by atoms with van der Waals surface area (Å²) in [5.41, 5.74) is 0. The van der Waals surface area contributed by atoms with Crippen molar-refractivity contribution in [3.05, 3.63) is 22.4 Å². The second kappa shape index (κ2) is 6.69. The van der Waals surface area contributed by atoms with Crippen LogP contribution in [-0.2, 0) is 11.2 Å². The molecule has 22 heavy (non-hydrogen) atoms. The van der Waals surface area contributed by atoms with Crippen molar-refractivity contribution in [1.82, 2.24) is 15.5 Å². The van der Waals surface area contributed by atoms with E-state index in [9.17, 15) is 9.59 Å². The topological polar surface area (TPSA) is 61.4 Å². The molecule has 3 amide bonds. The van der Waals surface area contributed by atoms with E-state index in [4.69, 9.17) is 0 Å². The number of nitrogens with zero attached hydrogens (tertiary/aromatic N) is 1. The van der Waals surface area contributed by atoms with Gasteiger partial charge in [0.05, 0.1) is 6.04 Å². The molecule has 0 bridgehead atoms. The maximum atomic E-state index is 12.0. The summed E-state index contributed by atoms with van der Waals surface area (Å²) >= 11 is 1.75. The average molecular weight is 321 g/mol. The molecule has 1 aromatic heterocycles. The van der Waals surface area contributed by atoms with Gasteiger partial charge in [-0.3, -0.25) is 4.79 Å². The maximum Gasteiger partial charge on any atom is 0.315 e. The Hall–Kier alpha value is -1.56. The third kappa shape index (κ3) is 4.00. The Labute approximate surface area is 135 Å². The second-order valence-electron chi connectivity index (χ2n) is 6.42. The van der Waals surface area contributed by atoms with Gasteiger partial charge < -0.3 is 15.5 Å². The van der Waals surface area contributed by atoms with Gasteiger partial charge in [0.15, 0.2) is 0 Å². The molecule has 2 unspecified atom stereocenters. The minimum Gasteiger partial charge on any atom is -0.338 e. The van der Waals surface area contributed by atoms with Crippen molar-refractivity contribution >= 4 is 23.3 Å². The predicted octanol–water partition coefficient (Wildman–Crippen LogP) is 1.99. The molecule has 3 rings (SSSR count). The van der Waals surface area contributed by atoms with Gasteiger partial charge in [0.2, 0.25) is 5.91 Å². The highest BCUT2D eigenvalue weighted by atomic mass is 32.1. The van der Waals surface area contributed by atoms with Crippen LogP contribution < -0.4 is 10.6 Å². The monoisotopic (exact) mass is 321 g/mol. The summed E-state index contributed by atoms with van der Waals surface area (Å²) in [6.45, 7) is 3.45. The first-order valence-corrected chi connectivity index (χ1v) is 8.86. The number of urea groups is 1. The van der Waals surface area contributed by atoms with Crippen LogP contribution in [0.3, 0.4) is 0 Å². The van der Waals surface area contributed by atoms with E-state index in [-0.39, 0.29) is 18.0 Å². The number of hydrogen-bond donors (Lipinski definition) is 2. The van der Waals surface area contributed by atoms with Crippen LogP contribution >= 0.6 is 11.3 Å². The SMILES string of the molecule is CC(CNC(=O)NC1CC(=O)N(C2CC2)C1)Cc1cccs1. The van der Waals surface area contributed by atoms with E-state index in [0.29, 0.717) is 31.5 Å². The molecule has 6 heteroatoms. The molecule has 1 aromatic rings. The number of nitrogens with one attached hydrogen (secondary N) is 2. The number of likely N-dealkylation sites (tertiary alicyclic amines) is 1. The predicted molar refractivity (Wildman–Crippen MR) is 86.9 cm³/mol. The standard InChI is InChI=1S/C16H23N3O2S/c1-11(7-14-3-2-6-22-14)9-17-16(21)18-12-8-15(20)19(10-12)13-4-5-13/h2-3,6,11-13H,4-5,7-10H2,1H3,(H2,17,18,21). The fourth-order valence-corrected chi connectivity index (χ4v) is 3.78. The Kier molecular flexibility index (Phi) is 4.66. The number of carbonyl (C=O) groups excluding carboxylic acids is 2. The fraction of sp³-hybridized carbons (Fsp3) is 0.625. The fourth-order valence-electron chi connectivity index (χ4n) is 2.92. The molecule has 5 nitrogen and oxygen atoms in total. The first-order valence-electron chi connectivity index (χ1n) is 7.98. The largest absolute Gasteiger partial charge is 0.338 e. The van der Waals surface area contributed by atoms with Crippen LogP contribution in [0.1, 0.15) is 31.1 Å².